The molecule has 2 aromatic carbocycles. The Kier molecular flexibility index (Phi) is 3.02. The Morgan fingerprint density at radius 1 is 1.12 bits per heavy atom. The summed E-state index contributed by atoms with van der Waals surface area (Å²) in [7, 11) is 0. The van der Waals surface area contributed by atoms with Gasteiger partial charge in [-0.25, -0.2) is 0 Å². The van der Waals surface area contributed by atoms with E-state index in [1.165, 1.54) is 6.07 Å². The van der Waals surface area contributed by atoms with Gasteiger partial charge in [0.05, 0.1) is 0 Å². The van der Waals surface area contributed by atoms with Crippen LogP contribution in [-0.4, -0.2) is 6.18 Å². The summed E-state index contributed by atoms with van der Waals surface area (Å²) >= 11 is 5.80. The maximum Gasteiger partial charge on any atom is 0.407 e. The summed E-state index contributed by atoms with van der Waals surface area (Å²) in [5.74, 6) is 0. The molecule has 0 aromatic heterocycles. The van der Waals surface area contributed by atoms with E-state index in [-0.39, 0.29) is 10.6 Å². The zero-order valence-electron chi connectivity index (χ0n) is 8.63. The minimum absolute atomic E-state index is 0.000556. The van der Waals surface area contributed by atoms with Crippen molar-refractivity contribution in [1.82, 2.24) is 0 Å². The summed E-state index contributed by atoms with van der Waals surface area (Å²) in [5.41, 5.74) is 5.22. The molecule has 2 N–H and O–H groups in total. The Hall–Kier alpha value is -1.26. The van der Waals surface area contributed by atoms with E-state index in [9.17, 15) is 13.2 Å². The summed E-state index contributed by atoms with van der Waals surface area (Å²) < 4.78 is 37.9. The molecule has 1 nitrogen and oxygen atoms in total. The fraction of sp³-hybridized carbons (Fsp3) is 0.167. The normalized spacial score (nSPS) is 13.9. The smallest absolute Gasteiger partial charge is 0.316 e. The Labute approximate surface area is 101 Å². The molecule has 0 spiro atoms. The molecule has 1 atom stereocenters. The first-order valence-electron chi connectivity index (χ1n) is 4.90. The third-order valence-corrected chi connectivity index (χ3v) is 2.76. The molecular formula is C12H9ClF3N. The van der Waals surface area contributed by atoms with Crippen LogP contribution in [0.3, 0.4) is 0 Å². The molecule has 90 valence electrons. The summed E-state index contributed by atoms with van der Waals surface area (Å²) in [5, 5.41) is 1.37. The van der Waals surface area contributed by atoms with Crippen LogP contribution in [0.2, 0.25) is 5.02 Å². The van der Waals surface area contributed by atoms with E-state index in [1.807, 2.05) is 0 Å². The predicted molar refractivity (Wildman–Crippen MR) is 61.9 cm³/mol. The van der Waals surface area contributed by atoms with Crippen molar-refractivity contribution < 1.29 is 13.2 Å². The van der Waals surface area contributed by atoms with Crippen molar-refractivity contribution in [2.45, 2.75) is 12.2 Å². The van der Waals surface area contributed by atoms with Crippen molar-refractivity contribution in [1.29, 1.82) is 0 Å². The molecule has 0 aliphatic rings. The number of hydrogen-bond donors (Lipinski definition) is 1. The second-order valence-corrected chi connectivity index (χ2v) is 4.17. The molecule has 2 rings (SSSR count). The Balaban J connectivity index is 2.68. The number of nitrogens with two attached hydrogens (primary N) is 1. The molecule has 0 heterocycles. The van der Waals surface area contributed by atoms with Gasteiger partial charge in [-0.1, -0.05) is 35.9 Å². The number of fused-ring (bicyclic) bond motifs is 1. The topological polar surface area (TPSA) is 26.0 Å². The quantitative estimate of drug-likeness (QED) is 0.821. The van der Waals surface area contributed by atoms with Crippen molar-refractivity contribution in [3.63, 3.8) is 0 Å². The minimum atomic E-state index is -4.48. The minimum Gasteiger partial charge on any atom is -0.316 e. The van der Waals surface area contributed by atoms with E-state index < -0.39 is 12.2 Å². The van der Waals surface area contributed by atoms with Gasteiger partial charge in [0.2, 0.25) is 0 Å². The van der Waals surface area contributed by atoms with Crippen LogP contribution in [0.25, 0.3) is 10.8 Å². The van der Waals surface area contributed by atoms with Gasteiger partial charge < -0.3 is 5.73 Å². The average Bonchev–Trinajstić information content (AvgIpc) is 2.25. The van der Waals surface area contributed by atoms with Crippen LogP contribution >= 0.6 is 11.6 Å². The highest BCUT2D eigenvalue weighted by atomic mass is 35.5. The van der Waals surface area contributed by atoms with Crippen molar-refractivity contribution in [3.8, 4) is 0 Å². The molecule has 0 aliphatic heterocycles. The zero-order valence-corrected chi connectivity index (χ0v) is 9.39. The largest absolute Gasteiger partial charge is 0.407 e. The van der Waals surface area contributed by atoms with Gasteiger partial charge in [0.1, 0.15) is 6.04 Å². The summed E-state index contributed by atoms with van der Waals surface area (Å²) in [6.07, 6.45) is -4.48. The molecule has 17 heavy (non-hydrogen) atoms. The van der Waals surface area contributed by atoms with Crippen LogP contribution < -0.4 is 5.73 Å². The maximum atomic E-state index is 12.6. The number of benzene rings is 2. The molecule has 0 amide bonds. The number of alkyl halides is 3. The highest BCUT2D eigenvalue weighted by Gasteiger charge is 2.38. The van der Waals surface area contributed by atoms with Crippen molar-refractivity contribution in [2.24, 2.45) is 5.73 Å². The third kappa shape index (κ3) is 2.37. The highest BCUT2D eigenvalue weighted by molar-refractivity contribution is 6.31. The Bertz CT molecular complexity index is 551. The molecule has 5 heteroatoms. The van der Waals surface area contributed by atoms with Crippen LogP contribution in [0.4, 0.5) is 13.2 Å². The van der Waals surface area contributed by atoms with Crippen molar-refractivity contribution >= 4 is 22.4 Å². The molecule has 2 aromatic rings. The molecule has 0 unspecified atom stereocenters. The van der Waals surface area contributed by atoms with Gasteiger partial charge in [-0.3, -0.25) is 0 Å². The van der Waals surface area contributed by atoms with E-state index in [4.69, 9.17) is 17.3 Å². The average molecular weight is 260 g/mol. The lowest BCUT2D eigenvalue weighted by molar-refractivity contribution is -0.148. The van der Waals surface area contributed by atoms with E-state index in [0.717, 1.165) is 0 Å². The molecule has 0 bridgehead atoms. The van der Waals surface area contributed by atoms with Crippen molar-refractivity contribution in [2.75, 3.05) is 0 Å². The monoisotopic (exact) mass is 259 g/mol. The summed E-state index contributed by atoms with van der Waals surface area (Å²) in [6.45, 7) is 0. The Morgan fingerprint density at radius 3 is 2.41 bits per heavy atom. The molecule has 0 saturated carbocycles. The first-order valence-corrected chi connectivity index (χ1v) is 5.28. The number of hydrogen-bond acceptors (Lipinski definition) is 1. The molecule has 0 fully saturated rings. The van der Waals surface area contributed by atoms with Gasteiger partial charge in [-0.15, -0.1) is 0 Å². The second kappa shape index (κ2) is 4.20. The van der Waals surface area contributed by atoms with Gasteiger partial charge in [-0.2, -0.15) is 13.2 Å². The van der Waals surface area contributed by atoms with Crippen LogP contribution in [-0.2, 0) is 0 Å². The summed E-state index contributed by atoms with van der Waals surface area (Å²) in [4.78, 5) is 0. The molecule has 0 radical (unpaired) electrons. The number of halogens is 4. The van der Waals surface area contributed by atoms with Gasteiger partial charge in [0.25, 0.3) is 0 Å². The highest BCUT2D eigenvalue weighted by Crippen LogP contribution is 2.35. The molecule has 0 aliphatic carbocycles. The first kappa shape index (κ1) is 12.2. The predicted octanol–water partition coefficient (Wildman–Crippen LogP) is 4.06. The fourth-order valence-electron chi connectivity index (χ4n) is 1.74. The molecular weight excluding hydrogens is 251 g/mol. The fourth-order valence-corrected chi connectivity index (χ4v) is 1.97. The second-order valence-electron chi connectivity index (χ2n) is 3.74. The van der Waals surface area contributed by atoms with Gasteiger partial charge in [-0.05, 0) is 28.5 Å². The van der Waals surface area contributed by atoms with Gasteiger partial charge in [0, 0.05) is 5.02 Å². The summed E-state index contributed by atoms with van der Waals surface area (Å²) in [6, 6.07) is 7.57. The third-order valence-electron chi connectivity index (χ3n) is 2.55. The lowest BCUT2D eigenvalue weighted by Gasteiger charge is -2.18. The lowest BCUT2D eigenvalue weighted by atomic mass is 9.99. The van der Waals surface area contributed by atoms with E-state index >= 15 is 0 Å². The van der Waals surface area contributed by atoms with Gasteiger partial charge in [0.15, 0.2) is 0 Å². The van der Waals surface area contributed by atoms with Crippen LogP contribution in [0.15, 0.2) is 36.4 Å². The van der Waals surface area contributed by atoms with Crippen LogP contribution in [0.5, 0.6) is 0 Å². The molecule has 0 saturated heterocycles. The van der Waals surface area contributed by atoms with Crippen molar-refractivity contribution in [3.05, 3.63) is 47.0 Å². The van der Waals surface area contributed by atoms with E-state index in [2.05, 4.69) is 0 Å². The van der Waals surface area contributed by atoms with Gasteiger partial charge >= 0.3 is 6.18 Å². The Morgan fingerprint density at radius 2 is 1.76 bits per heavy atom. The SMILES string of the molecule is N[C@@H](c1cc(Cl)cc2ccccc12)C(F)(F)F. The maximum absolute atomic E-state index is 12.6. The van der Waals surface area contributed by atoms with Crippen LogP contribution in [0.1, 0.15) is 11.6 Å². The van der Waals surface area contributed by atoms with Crippen LogP contribution in [0, 0.1) is 0 Å². The zero-order chi connectivity index (χ0) is 12.6. The first-order chi connectivity index (χ1) is 7.89. The van der Waals surface area contributed by atoms with E-state index in [1.54, 1.807) is 30.3 Å². The lowest BCUT2D eigenvalue weighted by Crippen LogP contribution is -2.28. The standard InChI is InChI=1S/C12H9ClF3N/c13-8-5-7-3-1-2-4-9(7)10(6-8)11(17)12(14,15)16/h1-6,11H,17H2/t11-/m0/s1. The van der Waals surface area contributed by atoms with E-state index in [0.29, 0.717) is 10.8 Å². The number of rotatable bonds is 1.